The highest BCUT2D eigenvalue weighted by atomic mass is 16.1. The first-order valence-corrected chi connectivity index (χ1v) is 10.1. The third-order valence-corrected chi connectivity index (χ3v) is 5.93. The Labute approximate surface area is 168 Å². The molecule has 0 spiro atoms. The number of aryl methyl sites for hydroxylation is 1. The molecule has 3 rings (SSSR count). The van der Waals surface area contributed by atoms with Crippen LogP contribution in [-0.2, 0) is 17.9 Å². The number of aromatic nitrogens is 2. The molecule has 5 nitrogen and oxygen atoms in total. The second kappa shape index (κ2) is 8.82. The smallest absolute Gasteiger partial charge is 0.237 e. The van der Waals surface area contributed by atoms with Crippen molar-refractivity contribution in [3.63, 3.8) is 0 Å². The molecule has 0 aromatic carbocycles. The lowest BCUT2D eigenvalue weighted by molar-refractivity contribution is -0.133. The van der Waals surface area contributed by atoms with E-state index in [-0.39, 0.29) is 5.91 Å². The number of nitrogens with two attached hydrogens (primary N) is 1. The highest BCUT2D eigenvalue weighted by Gasteiger charge is 2.44. The normalized spacial score (nSPS) is 16.5. The van der Waals surface area contributed by atoms with Gasteiger partial charge in [0.25, 0.3) is 0 Å². The summed E-state index contributed by atoms with van der Waals surface area (Å²) in [4.78, 5) is 24.2. The van der Waals surface area contributed by atoms with Gasteiger partial charge in [-0.2, -0.15) is 0 Å². The summed E-state index contributed by atoms with van der Waals surface area (Å²) in [6.45, 7) is 7.59. The number of pyridine rings is 2. The summed E-state index contributed by atoms with van der Waals surface area (Å²) in [6, 6.07) is 8.11. The molecule has 0 saturated heterocycles. The zero-order chi connectivity index (χ0) is 20.1. The quantitative estimate of drug-likeness (QED) is 0.791. The highest BCUT2D eigenvalue weighted by molar-refractivity contribution is 5.84. The predicted molar refractivity (Wildman–Crippen MR) is 111 cm³/mol. The standard InChI is InChI=1S/C23H31N4O/c1-17(2)19-10-8-14-26-21(19)16-27(15-20-18(3)9-7-13-25-20)23(22(24)28)11-5-4-6-12-23/h4,7-10,13-14,17H,5-6,11-12,15-16H2,1-3H3,(H2,24,28). The van der Waals surface area contributed by atoms with Crippen LogP contribution in [0.3, 0.4) is 0 Å². The van der Waals surface area contributed by atoms with Crippen molar-refractivity contribution in [2.45, 2.75) is 71.0 Å². The maximum atomic E-state index is 12.7. The van der Waals surface area contributed by atoms with Crippen LogP contribution in [0.5, 0.6) is 0 Å². The summed E-state index contributed by atoms with van der Waals surface area (Å²) < 4.78 is 0. The molecule has 2 aromatic heterocycles. The van der Waals surface area contributed by atoms with Crippen LogP contribution in [0, 0.1) is 13.3 Å². The van der Waals surface area contributed by atoms with Crippen LogP contribution in [0.15, 0.2) is 36.7 Å². The number of amides is 1. The second-order valence-corrected chi connectivity index (χ2v) is 8.08. The average Bonchev–Trinajstić information content (AvgIpc) is 2.69. The van der Waals surface area contributed by atoms with Gasteiger partial charge in [-0.1, -0.05) is 26.0 Å². The molecule has 0 atom stereocenters. The van der Waals surface area contributed by atoms with Crippen LogP contribution < -0.4 is 5.73 Å². The molecule has 1 fully saturated rings. The van der Waals surface area contributed by atoms with Gasteiger partial charge in [-0.25, -0.2) is 0 Å². The summed E-state index contributed by atoms with van der Waals surface area (Å²) in [5.74, 6) is 0.127. The van der Waals surface area contributed by atoms with Gasteiger partial charge in [-0.05, 0) is 68.2 Å². The topological polar surface area (TPSA) is 72.1 Å². The third-order valence-electron chi connectivity index (χ3n) is 5.93. The summed E-state index contributed by atoms with van der Waals surface area (Å²) in [7, 11) is 0. The fourth-order valence-electron chi connectivity index (χ4n) is 4.18. The molecule has 5 heteroatoms. The minimum atomic E-state index is -0.662. The van der Waals surface area contributed by atoms with Crippen LogP contribution in [0.4, 0.5) is 0 Å². The van der Waals surface area contributed by atoms with Crippen molar-refractivity contribution < 1.29 is 4.79 Å². The summed E-state index contributed by atoms with van der Waals surface area (Å²) in [6.07, 6.45) is 9.20. The van der Waals surface area contributed by atoms with Crippen molar-refractivity contribution in [3.8, 4) is 0 Å². The summed E-state index contributed by atoms with van der Waals surface area (Å²) in [5.41, 5.74) is 9.69. The number of carbonyl (C=O) groups is 1. The molecule has 1 aliphatic rings. The zero-order valence-electron chi connectivity index (χ0n) is 17.2. The number of hydrogen-bond acceptors (Lipinski definition) is 4. The first-order valence-electron chi connectivity index (χ1n) is 10.1. The Kier molecular flexibility index (Phi) is 6.45. The molecule has 2 heterocycles. The molecule has 28 heavy (non-hydrogen) atoms. The van der Waals surface area contributed by atoms with Gasteiger partial charge in [0.1, 0.15) is 5.54 Å². The molecule has 0 bridgehead atoms. The SMILES string of the molecule is Cc1cccnc1CN(Cc1ncccc1C(C)C)C1(C(N)=O)CC[CH]CC1. The van der Waals surface area contributed by atoms with E-state index >= 15 is 0 Å². The van der Waals surface area contributed by atoms with Gasteiger partial charge >= 0.3 is 0 Å². The number of primary amides is 1. The number of hydrogen-bond donors (Lipinski definition) is 1. The van der Waals surface area contributed by atoms with Crippen molar-refractivity contribution in [1.29, 1.82) is 0 Å². The van der Waals surface area contributed by atoms with Crippen LogP contribution in [0.25, 0.3) is 0 Å². The van der Waals surface area contributed by atoms with Gasteiger partial charge in [0, 0.05) is 25.5 Å². The number of rotatable bonds is 7. The Balaban J connectivity index is 2.01. The minimum Gasteiger partial charge on any atom is -0.368 e. The summed E-state index contributed by atoms with van der Waals surface area (Å²) in [5, 5.41) is 0. The van der Waals surface area contributed by atoms with Crippen molar-refractivity contribution in [2.24, 2.45) is 5.73 Å². The minimum absolute atomic E-state index is 0.240. The maximum Gasteiger partial charge on any atom is 0.237 e. The van der Waals surface area contributed by atoms with Gasteiger partial charge in [0.2, 0.25) is 5.91 Å². The van der Waals surface area contributed by atoms with E-state index in [1.165, 1.54) is 5.56 Å². The van der Waals surface area contributed by atoms with E-state index in [1.807, 2.05) is 24.5 Å². The summed E-state index contributed by atoms with van der Waals surface area (Å²) >= 11 is 0. The van der Waals surface area contributed by atoms with Crippen LogP contribution in [0.1, 0.15) is 68.0 Å². The molecule has 2 N–H and O–H groups in total. The molecule has 1 aliphatic carbocycles. The van der Waals surface area contributed by atoms with E-state index in [0.29, 0.717) is 19.0 Å². The lowest BCUT2D eigenvalue weighted by Gasteiger charge is -2.44. The lowest BCUT2D eigenvalue weighted by Crippen LogP contribution is -2.58. The van der Waals surface area contributed by atoms with Crippen LogP contribution in [-0.4, -0.2) is 26.3 Å². The number of nitrogens with zero attached hydrogens (tertiary/aromatic N) is 3. The molecular weight excluding hydrogens is 348 g/mol. The van der Waals surface area contributed by atoms with E-state index in [1.54, 1.807) is 0 Å². The van der Waals surface area contributed by atoms with Crippen molar-refractivity contribution >= 4 is 5.91 Å². The van der Waals surface area contributed by atoms with Crippen LogP contribution in [0.2, 0.25) is 0 Å². The average molecular weight is 380 g/mol. The van der Waals surface area contributed by atoms with Gasteiger partial charge in [0.15, 0.2) is 0 Å². The van der Waals surface area contributed by atoms with E-state index in [2.05, 4.69) is 54.2 Å². The Bertz CT molecular complexity index is 812. The van der Waals surface area contributed by atoms with Crippen molar-refractivity contribution in [2.75, 3.05) is 0 Å². The van der Waals surface area contributed by atoms with E-state index < -0.39 is 5.54 Å². The Morgan fingerprint density at radius 2 is 1.71 bits per heavy atom. The Morgan fingerprint density at radius 3 is 2.32 bits per heavy atom. The van der Waals surface area contributed by atoms with E-state index in [0.717, 1.165) is 42.6 Å². The lowest BCUT2D eigenvalue weighted by atomic mass is 9.79. The van der Waals surface area contributed by atoms with Crippen LogP contribution >= 0.6 is 0 Å². The molecule has 1 amide bonds. The van der Waals surface area contributed by atoms with Crippen molar-refractivity contribution in [1.82, 2.24) is 14.9 Å². The van der Waals surface area contributed by atoms with Gasteiger partial charge in [0.05, 0.1) is 11.4 Å². The van der Waals surface area contributed by atoms with Gasteiger partial charge in [-0.3, -0.25) is 19.7 Å². The zero-order valence-corrected chi connectivity index (χ0v) is 17.2. The first-order chi connectivity index (χ1) is 13.4. The predicted octanol–water partition coefficient (Wildman–Crippen LogP) is 3.91. The molecule has 149 valence electrons. The second-order valence-electron chi connectivity index (χ2n) is 8.08. The van der Waals surface area contributed by atoms with E-state index in [9.17, 15) is 4.79 Å². The largest absolute Gasteiger partial charge is 0.368 e. The third kappa shape index (κ3) is 4.25. The molecule has 0 aliphatic heterocycles. The fraction of sp³-hybridized carbons (Fsp3) is 0.478. The van der Waals surface area contributed by atoms with Crippen molar-refractivity contribution in [3.05, 3.63) is 65.6 Å². The maximum absolute atomic E-state index is 12.7. The molecule has 2 aromatic rings. The molecule has 1 saturated carbocycles. The first kappa shape index (κ1) is 20.5. The molecular formula is C23H31N4O. The Morgan fingerprint density at radius 1 is 1.11 bits per heavy atom. The van der Waals surface area contributed by atoms with E-state index in [4.69, 9.17) is 5.73 Å². The van der Waals surface area contributed by atoms with Gasteiger partial charge < -0.3 is 5.73 Å². The Hall–Kier alpha value is -2.27. The molecule has 0 unspecified atom stereocenters. The highest BCUT2D eigenvalue weighted by Crippen LogP contribution is 2.36. The van der Waals surface area contributed by atoms with Gasteiger partial charge in [-0.15, -0.1) is 0 Å². The number of carbonyl (C=O) groups excluding carboxylic acids is 1. The molecule has 1 radical (unpaired) electrons. The fourth-order valence-corrected chi connectivity index (χ4v) is 4.18. The monoisotopic (exact) mass is 379 g/mol.